The average molecular weight is 2110 g/mol. The van der Waals surface area contributed by atoms with Gasteiger partial charge in [-0.2, -0.15) is 0 Å². The first-order valence-corrected chi connectivity index (χ1v) is 55.4. The van der Waals surface area contributed by atoms with Gasteiger partial charge in [0.2, 0.25) is 0 Å². The molecule has 38 atom stereocenters. The van der Waals surface area contributed by atoms with Crippen molar-refractivity contribution in [2.75, 3.05) is 52.9 Å². The number of hydrogen-bond acceptors (Lipinski definition) is 43. The third kappa shape index (κ3) is 43.5. The van der Waals surface area contributed by atoms with E-state index in [2.05, 4.69) is 20.8 Å². The van der Waals surface area contributed by atoms with Crippen molar-refractivity contribution < 1.29 is 216 Å². The molecule has 0 radical (unpaired) electrons. The zero-order valence-corrected chi connectivity index (χ0v) is 85.7. The van der Waals surface area contributed by atoms with E-state index < -0.39 is 306 Å². The lowest BCUT2D eigenvalue weighted by molar-refractivity contribution is -0.365. The lowest BCUT2D eigenvalue weighted by atomic mass is 9.84. The second-order valence-corrected chi connectivity index (χ2v) is 41.6. The molecule has 6 aliphatic heterocycles. The fourth-order valence-electron chi connectivity index (χ4n) is 18.9. The van der Waals surface area contributed by atoms with Crippen LogP contribution in [-0.4, -0.2) is 415 Å². The van der Waals surface area contributed by atoms with E-state index in [0.717, 1.165) is 96.3 Å². The van der Waals surface area contributed by atoms with Gasteiger partial charge in [0.1, 0.15) is 196 Å². The second kappa shape index (κ2) is 70.5. The van der Waals surface area contributed by atoms with Crippen molar-refractivity contribution >= 4 is 25.7 Å². The van der Waals surface area contributed by atoms with Crippen LogP contribution in [0.3, 0.4) is 0 Å². The van der Waals surface area contributed by atoms with Gasteiger partial charge in [-0.1, -0.05) is 290 Å². The molecule has 1 aliphatic carbocycles. The number of aliphatic hydroxyl groups excluding tert-OH is 22. The normalized spacial score (nSPS) is 35.5. The summed E-state index contributed by atoms with van der Waals surface area (Å²) in [4.78, 5) is 52.3. The quantitative estimate of drug-likeness (QED) is 0.0180. The van der Waals surface area contributed by atoms with Gasteiger partial charge in [-0.15, -0.1) is 0 Å². The Hall–Kier alpha value is -2.84. The lowest BCUT2D eigenvalue weighted by Gasteiger charge is -2.49. The Kier molecular flexibility index (Phi) is 62.7. The van der Waals surface area contributed by atoms with Crippen LogP contribution in [0.2, 0.25) is 0 Å². The van der Waals surface area contributed by atoms with Crippen LogP contribution in [0.5, 0.6) is 0 Å². The number of ether oxygens (including phenoxy) is 15. The Morgan fingerprint density at radius 3 is 0.750 bits per heavy atom. The molecule has 0 amide bonds. The van der Waals surface area contributed by atoms with E-state index in [-0.39, 0.29) is 19.3 Å². The molecular formula is C99H181O44P. The van der Waals surface area contributed by atoms with E-state index in [9.17, 15) is 136 Å². The van der Waals surface area contributed by atoms with Gasteiger partial charge in [-0.05, 0) is 19.3 Å². The molecule has 6 saturated heterocycles. The molecule has 6 heterocycles. The minimum absolute atomic E-state index is 0.0343. The molecule has 846 valence electrons. The SMILES string of the molecule is CCCCCCCCCCCCCCCCCC(=O)OC[C@H](COP(=O)(O)O[C@@H]1[C@H](O[C@H]2O[C@H](COC(=O)CCCCCCCCCCCCCCCCC)[C@@H](O)[C@H](O)[C@@H]2O)[C@H](O)[C@@H](O)[C@H](O)[C@H]1O[C@H]1O[C@H](CO[C@H]2O[C@H](CO[C@H]3O[C@H](CO[C@H]4O[C@H](CO[C@H]5O[C@H](CO)[C@@H](O)[C@H](O)[C@@H]5O)[C@@H](O)[C@H](O)[C@@H]4O)[C@@H](O)[C@H](O)[C@@H]3O)[C@@H](O)[C@H](O)[C@@H]2O)[C@@H](O)[C@H](O)[C@@H]1O)OC(=O)CCCCCCCCCCCCCCCCC. The van der Waals surface area contributed by atoms with E-state index in [1.807, 2.05) is 0 Å². The molecule has 0 spiro atoms. The number of hydrogen-bond donors (Lipinski definition) is 23. The summed E-state index contributed by atoms with van der Waals surface area (Å²) in [5, 5.41) is 245. The molecule has 7 fully saturated rings. The van der Waals surface area contributed by atoms with E-state index in [4.69, 9.17) is 80.1 Å². The minimum Gasteiger partial charge on any atom is -0.463 e. The van der Waals surface area contributed by atoms with Gasteiger partial charge in [-0.3, -0.25) is 23.4 Å². The number of aliphatic hydroxyl groups is 22. The Bertz CT molecular complexity index is 3390. The Balaban J connectivity index is 1.04. The van der Waals surface area contributed by atoms with Crippen LogP contribution < -0.4 is 0 Å². The molecule has 0 aromatic carbocycles. The van der Waals surface area contributed by atoms with E-state index in [1.54, 1.807) is 0 Å². The Morgan fingerprint density at radius 1 is 0.250 bits per heavy atom. The predicted molar refractivity (Wildman–Crippen MR) is 510 cm³/mol. The molecule has 1 unspecified atom stereocenters. The molecule has 144 heavy (non-hydrogen) atoms. The number of phosphoric ester groups is 1. The highest BCUT2D eigenvalue weighted by Crippen LogP contribution is 2.49. The van der Waals surface area contributed by atoms with Gasteiger partial charge in [0.15, 0.2) is 43.8 Å². The summed E-state index contributed by atoms with van der Waals surface area (Å²) in [6.45, 7) is -0.453. The van der Waals surface area contributed by atoms with Crippen molar-refractivity contribution in [3.8, 4) is 0 Å². The smallest absolute Gasteiger partial charge is 0.463 e. The topological polar surface area (TPSA) is 690 Å². The van der Waals surface area contributed by atoms with Crippen LogP contribution >= 0.6 is 7.82 Å². The molecule has 23 N–H and O–H groups in total. The standard InChI is InChI=1S/C99H181O44P/c1-4-7-10-13-16-19-22-25-28-31-34-37-40-43-46-49-67(101)127-53-60(134-69(103)51-48-45-42-39-36-33-30-27-24-21-18-15-12-9-6-3)54-133-144(125,126)143-93-91(141-98-89(123)80(114)71(105)62(139-98)55-128-68(102)50-47-44-41-38-35-32-29-26-23-20-17-14-11-8-5-2)83(117)82(116)84(118)92(93)142-99-90(124)81(115)75(109)66(140-99)59-132-97-88(122)79(113)74(108)65(138-97)58-131-96-87(121)78(112)73(107)64(137-96)57-130-95-86(120)77(111)72(106)63(136-95)56-129-94-85(119)76(110)70(104)61(52-100)135-94/h60-66,70-100,104-124H,4-59H2,1-3H3,(H,125,126)/t60-,61-,62-,63-,64-,65-,66-,70-,71-,72-,73-,74-,75-,76+,77+,78+,79+,80+,81+,82-,83-,84+,85+,86+,87+,88+,89+,90+,91-,92-,93-,94+,95+,96+,97+,98-,99-/m1/s1. The van der Waals surface area contributed by atoms with Crippen molar-refractivity contribution in [2.45, 2.75) is 556 Å². The number of carbonyl (C=O) groups is 3. The molecule has 7 aliphatic rings. The number of rotatable bonds is 75. The molecular weight excluding hydrogens is 1920 g/mol. The van der Waals surface area contributed by atoms with Gasteiger partial charge >= 0.3 is 25.7 Å². The van der Waals surface area contributed by atoms with Crippen LogP contribution in [0.15, 0.2) is 0 Å². The van der Waals surface area contributed by atoms with Gasteiger partial charge in [0.05, 0.1) is 39.6 Å². The summed E-state index contributed by atoms with van der Waals surface area (Å²) < 4.78 is 112. The monoisotopic (exact) mass is 2110 g/mol. The number of unbranched alkanes of at least 4 members (excludes halogenated alkanes) is 42. The fourth-order valence-corrected chi connectivity index (χ4v) is 19.9. The molecule has 0 bridgehead atoms. The molecule has 0 aromatic rings. The number of esters is 3. The molecule has 45 heteroatoms. The highest BCUT2D eigenvalue weighted by molar-refractivity contribution is 7.47. The Labute approximate surface area is 847 Å². The third-order valence-corrected chi connectivity index (χ3v) is 29.2. The van der Waals surface area contributed by atoms with Crippen molar-refractivity contribution in [3.05, 3.63) is 0 Å². The second-order valence-electron chi connectivity index (χ2n) is 40.2. The summed E-state index contributed by atoms with van der Waals surface area (Å²) in [6.07, 6.45) is -29.5. The van der Waals surface area contributed by atoms with Gasteiger partial charge in [0, 0.05) is 19.3 Å². The average Bonchev–Trinajstić information content (AvgIpc) is 0.761. The lowest BCUT2D eigenvalue weighted by Crippen LogP contribution is -2.69. The van der Waals surface area contributed by atoms with Crippen LogP contribution in [0, 0.1) is 0 Å². The van der Waals surface area contributed by atoms with E-state index in [0.29, 0.717) is 38.5 Å². The zero-order valence-electron chi connectivity index (χ0n) is 84.8. The van der Waals surface area contributed by atoms with Gasteiger partial charge in [-0.25, -0.2) is 4.57 Å². The summed E-state index contributed by atoms with van der Waals surface area (Å²) in [7, 11) is -5.95. The van der Waals surface area contributed by atoms with E-state index >= 15 is 0 Å². The van der Waals surface area contributed by atoms with Crippen molar-refractivity contribution in [3.63, 3.8) is 0 Å². The summed E-state index contributed by atoms with van der Waals surface area (Å²) in [6, 6.07) is 0. The van der Waals surface area contributed by atoms with Crippen LogP contribution in [-0.2, 0) is 99.0 Å². The Morgan fingerprint density at radius 2 is 0.472 bits per heavy atom. The molecule has 7 rings (SSSR count). The van der Waals surface area contributed by atoms with E-state index in [1.165, 1.54) is 154 Å². The molecule has 44 nitrogen and oxygen atoms in total. The first-order chi connectivity index (χ1) is 69.1. The summed E-state index contributed by atoms with van der Waals surface area (Å²) in [5.41, 5.74) is 0. The fraction of sp³-hybridized carbons (Fsp3) is 0.970. The first kappa shape index (κ1) is 128. The molecule has 1 saturated carbocycles. The predicted octanol–water partition coefficient (Wildman–Crippen LogP) is 3.04. The van der Waals surface area contributed by atoms with Crippen molar-refractivity contribution in [1.82, 2.24) is 0 Å². The number of carbonyl (C=O) groups excluding carboxylic acids is 3. The zero-order chi connectivity index (χ0) is 105. The first-order valence-electron chi connectivity index (χ1n) is 53.9. The summed E-state index contributed by atoms with van der Waals surface area (Å²) >= 11 is 0. The largest absolute Gasteiger partial charge is 0.472 e. The van der Waals surface area contributed by atoms with Crippen LogP contribution in [0.25, 0.3) is 0 Å². The van der Waals surface area contributed by atoms with Gasteiger partial charge < -0.3 is 188 Å². The summed E-state index contributed by atoms with van der Waals surface area (Å²) in [5.74, 6) is -2.22. The minimum atomic E-state index is -5.95. The maximum Gasteiger partial charge on any atom is 0.472 e. The van der Waals surface area contributed by atoms with Gasteiger partial charge in [0.25, 0.3) is 0 Å². The highest BCUT2D eigenvalue weighted by Gasteiger charge is 2.60. The maximum atomic E-state index is 14.9. The number of phosphoric acid groups is 1. The van der Waals surface area contributed by atoms with Crippen LogP contribution in [0.4, 0.5) is 0 Å². The highest BCUT2D eigenvalue weighted by atomic mass is 31.2. The maximum absolute atomic E-state index is 14.9. The molecule has 0 aromatic heterocycles. The van der Waals surface area contributed by atoms with Crippen molar-refractivity contribution in [1.29, 1.82) is 0 Å². The third-order valence-electron chi connectivity index (χ3n) is 28.3. The van der Waals surface area contributed by atoms with Crippen LogP contribution in [0.1, 0.15) is 329 Å². The van der Waals surface area contributed by atoms with Crippen molar-refractivity contribution in [2.24, 2.45) is 0 Å².